The molecule has 0 saturated heterocycles. The standard InChI is InChI=1S/C18H18ClFN2O4/c1-9(2)18(3)7-10-5-14(25-4)16(19)21-15(10)12-6-13(23)11(8-22(12)18)17(24)26-20/h5-6,8-9H,7H2,1-4H3. The second kappa shape index (κ2) is 6.39. The van der Waals surface area contributed by atoms with Crippen LogP contribution < -0.4 is 10.2 Å². The number of ether oxygens (including phenoxy) is 1. The van der Waals surface area contributed by atoms with Crippen molar-refractivity contribution in [3.05, 3.63) is 44.8 Å². The fourth-order valence-corrected chi connectivity index (χ4v) is 3.51. The molecule has 1 unspecified atom stereocenters. The monoisotopic (exact) mass is 380 g/mol. The molecule has 0 spiro atoms. The zero-order valence-corrected chi connectivity index (χ0v) is 15.6. The van der Waals surface area contributed by atoms with Gasteiger partial charge >= 0.3 is 5.97 Å². The topological polar surface area (TPSA) is 70.4 Å². The highest BCUT2D eigenvalue weighted by molar-refractivity contribution is 6.31. The smallest absolute Gasteiger partial charge is 0.384 e. The average Bonchev–Trinajstić information content (AvgIpc) is 2.61. The summed E-state index contributed by atoms with van der Waals surface area (Å²) < 4.78 is 19.4. The molecule has 0 radical (unpaired) electrons. The Kier molecular flexibility index (Phi) is 4.52. The largest absolute Gasteiger partial charge is 0.494 e. The highest BCUT2D eigenvalue weighted by Gasteiger charge is 2.38. The first-order valence-electron chi connectivity index (χ1n) is 8.06. The van der Waals surface area contributed by atoms with Gasteiger partial charge in [-0.2, -0.15) is 0 Å². The Morgan fingerprint density at radius 2 is 2.12 bits per heavy atom. The zero-order chi connectivity index (χ0) is 19.2. The van der Waals surface area contributed by atoms with E-state index in [1.165, 1.54) is 19.4 Å². The fraction of sp³-hybridized carbons (Fsp3) is 0.389. The number of nitrogens with zero attached hydrogens (tertiary/aromatic N) is 2. The first kappa shape index (κ1) is 18.4. The summed E-state index contributed by atoms with van der Waals surface area (Å²) in [6, 6.07) is 3.07. The minimum atomic E-state index is -1.32. The SMILES string of the molecule is COc1cc2c(nc1Cl)-c1cc(=O)c(C(=O)OF)cn1C(C)(C(C)C)C2. The molecule has 0 aromatic carbocycles. The second-order valence-electron chi connectivity index (χ2n) is 6.85. The number of pyridine rings is 2. The van der Waals surface area contributed by atoms with Crippen LogP contribution in [0.15, 0.2) is 23.1 Å². The van der Waals surface area contributed by atoms with Crippen LogP contribution in [0, 0.1) is 5.92 Å². The molecule has 0 amide bonds. The number of fused-ring (bicyclic) bond motifs is 3. The average molecular weight is 381 g/mol. The molecule has 138 valence electrons. The lowest BCUT2D eigenvalue weighted by Crippen LogP contribution is -2.43. The van der Waals surface area contributed by atoms with Gasteiger partial charge in [0.25, 0.3) is 0 Å². The molecular formula is C18H18ClFN2O4. The maximum Gasteiger partial charge on any atom is 0.384 e. The molecule has 3 heterocycles. The Labute approximate surface area is 154 Å². The molecule has 2 aromatic heterocycles. The number of carbonyl (C=O) groups is 1. The van der Waals surface area contributed by atoms with Gasteiger partial charge in [0.05, 0.1) is 18.5 Å². The van der Waals surface area contributed by atoms with Crippen molar-refractivity contribution >= 4 is 17.6 Å². The van der Waals surface area contributed by atoms with Crippen molar-refractivity contribution in [1.82, 2.24) is 9.55 Å². The van der Waals surface area contributed by atoms with Crippen LogP contribution >= 0.6 is 11.6 Å². The molecule has 0 saturated carbocycles. The van der Waals surface area contributed by atoms with Gasteiger partial charge in [-0.05, 0) is 30.9 Å². The molecule has 0 N–H and O–H groups in total. The van der Waals surface area contributed by atoms with Crippen LogP contribution in [0.1, 0.15) is 36.7 Å². The quantitative estimate of drug-likeness (QED) is 0.762. The molecule has 0 bridgehead atoms. The van der Waals surface area contributed by atoms with Crippen molar-refractivity contribution in [2.24, 2.45) is 5.92 Å². The summed E-state index contributed by atoms with van der Waals surface area (Å²) in [6.45, 7) is 6.06. The molecule has 6 nitrogen and oxygen atoms in total. The second-order valence-corrected chi connectivity index (χ2v) is 7.21. The maximum absolute atomic E-state index is 12.4. The van der Waals surface area contributed by atoms with Gasteiger partial charge in [0.15, 0.2) is 16.3 Å². The summed E-state index contributed by atoms with van der Waals surface area (Å²) in [5, 5.41) is 0.172. The summed E-state index contributed by atoms with van der Waals surface area (Å²) in [6.07, 6.45) is 1.91. The fourth-order valence-electron chi connectivity index (χ4n) is 3.30. The van der Waals surface area contributed by atoms with E-state index < -0.39 is 16.9 Å². The van der Waals surface area contributed by atoms with E-state index in [-0.39, 0.29) is 16.6 Å². The zero-order valence-electron chi connectivity index (χ0n) is 14.8. The lowest BCUT2D eigenvalue weighted by atomic mass is 9.78. The van der Waals surface area contributed by atoms with Crippen LogP contribution in [0.2, 0.25) is 5.15 Å². The minimum Gasteiger partial charge on any atom is -0.494 e. The van der Waals surface area contributed by atoms with Crippen LogP contribution in [0.25, 0.3) is 11.4 Å². The number of halogens is 2. The van der Waals surface area contributed by atoms with Crippen LogP contribution in [-0.2, 0) is 16.9 Å². The van der Waals surface area contributed by atoms with Gasteiger partial charge in [-0.3, -0.25) is 4.79 Å². The van der Waals surface area contributed by atoms with E-state index in [0.29, 0.717) is 23.6 Å². The highest BCUT2D eigenvalue weighted by atomic mass is 35.5. The Morgan fingerprint density at radius 1 is 1.42 bits per heavy atom. The van der Waals surface area contributed by atoms with Crippen molar-refractivity contribution in [1.29, 1.82) is 0 Å². The minimum absolute atomic E-state index is 0.132. The molecule has 1 aliphatic rings. The predicted octanol–water partition coefficient (Wildman–Crippen LogP) is 3.54. The van der Waals surface area contributed by atoms with E-state index in [2.05, 4.69) is 9.93 Å². The number of rotatable bonds is 3. The van der Waals surface area contributed by atoms with Crippen molar-refractivity contribution in [2.75, 3.05) is 7.11 Å². The molecule has 1 aliphatic heterocycles. The van der Waals surface area contributed by atoms with E-state index >= 15 is 0 Å². The maximum atomic E-state index is 12.4. The molecular weight excluding hydrogens is 363 g/mol. The third-order valence-corrected chi connectivity index (χ3v) is 5.44. The van der Waals surface area contributed by atoms with Crippen LogP contribution in [0.3, 0.4) is 0 Å². The van der Waals surface area contributed by atoms with E-state index in [1.54, 1.807) is 4.57 Å². The van der Waals surface area contributed by atoms with Crippen molar-refractivity contribution in [3.8, 4) is 17.1 Å². The van der Waals surface area contributed by atoms with Gasteiger partial charge in [0, 0.05) is 22.3 Å². The van der Waals surface area contributed by atoms with Gasteiger partial charge in [-0.15, -0.1) is 0 Å². The number of hydrogen-bond acceptors (Lipinski definition) is 5. The van der Waals surface area contributed by atoms with Crippen molar-refractivity contribution < 1.29 is 19.0 Å². The van der Waals surface area contributed by atoms with E-state index in [0.717, 1.165) is 5.56 Å². The Morgan fingerprint density at radius 3 is 2.69 bits per heavy atom. The van der Waals surface area contributed by atoms with Crippen molar-refractivity contribution in [2.45, 2.75) is 32.7 Å². The van der Waals surface area contributed by atoms with Gasteiger partial charge in [0.1, 0.15) is 5.56 Å². The first-order valence-corrected chi connectivity index (χ1v) is 8.44. The molecule has 3 rings (SSSR count). The van der Waals surface area contributed by atoms with Crippen LogP contribution in [0.4, 0.5) is 4.53 Å². The summed E-state index contributed by atoms with van der Waals surface area (Å²) in [4.78, 5) is 31.6. The summed E-state index contributed by atoms with van der Waals surface area (Å²) >= 11 is 6.16. The molecule has 8 heteroatoms. The van der Waals surface area contributed by atoms with E-state index in [1.807, 2.05) is 26.8 Å². The third kappa shape index (κ3) is 2.67. The number of aromatic nitrogens is 2. The summed E-state index contributed by atoms with van der Waals surface area (Å²) in [7, 11) is 1.51. The first-order chi connectivity index (χ1) is 12.2. The molecule has 0 aliphatic carbocycles. The Balaban J connectivity index is 2.36. The number of methoxy groups -OCH3 is 1. The van der Waals surface area contributed by atoms with Gasteiger partial charge in [0.2, 0.25) is 0 Å². The van der Waals surface area contributed by atoms with Crippen molar-refractivity contribution in [3.63, 3.8) is 0 Å². The third-order valence-electron chi connectivity index (χ3n) is 5.17. The summed E-state index contributed by atoms with van der Waals surface area (Å²) in [5.41, 5.74) is 0.418. The van der Waals surface area contributed by atoms with E-state index in [9.17, 15) is 14.1 Å². The molecule has 1 atom stereocenters. The van der Waals surface area contributed by atoms with E-state index in [4.69, 9.17) is 16.3 Å². The number of hydrogen-bond donors (Lipinski definition) is 0. The summed E-state index contributed by atoms with van der Waals surface area (Å²) in [5.74, 6) is -0.735. The molecule has 2 aromatic rings. The van der Waals surface area contributed by atoms with Gasteiger partial charge in [-0.1, -0.05) is 25.4 Å². The normalized spacial score (nSPS) is 18.3. The highest BCUT2D eigenvalue weighted by Crippen LogP contribution is 2.42. The Bertz CT molecular complexity index is 957. The van der Waals surface area contributed by atoms with Crippen LogP contribution in [-0.4, -0.2) is 22.6 Å². The van der Waals surface area contributed by atoms with Crippen LogP contribution in [0.5, 0.6) is 5.75 Å². The lowest BCUT2D eigenvalue weighted by Gasteiger charge is -2.42. The molecule has 0 fully saturated rings. The van der Waals surface area contributed by atoms with Gasteiger partial charge in [-0.25, -0.2) is 14.7 Å². The number of carbonyl (C=O) groups excluding carboxylic acids is 1. The van der Waals surface area contributed by atoms with Gasteiger partial charge < -0.3 is 9.30 Å². The Hall–Kier alpha value is -2.41. The molecule has 26 heavy (non-hydrogen) atoms. The lowest BCUT2D eigenvalue weighted by molar-refractivity contribution is -0.0790. The predicted molar refractivity (Wildman–Crippen MR) is 94.2 cm³/mol.